The maximum Gasteiger partial charge on any atom is 0.216 e. The summed E-state index contributed by atoms with van der Waals surface area (Å²) in [5, 5.41) is 3.08. The number of fused-ring (bicyclic) bond motifs is 2. The normalized spacial score (nSPS) is 33.3. The summed E-state index contributed by atoms with van der Waals surface area (Å²) < 4.78 is 25.7. The molecule has 1 N–H and O–H groups in total. The summed E-state index contributed by atoms with van der Waals surface area (Å²) in [5.74, 6) is 1.04. The van der Waals surface area contributed by atoms with Crippen LogP contribution in [0.15, 0.2) is 0 Å². The Hall–Kier alpha value is -0.130. The molecule has 0 spiro atoms. The number of nitrogens with one attached hydrogen (secondary N) is 1. The zero-order valence-electron chi connectivity index (χ0n) is 9.44. The lowest BCUT2D eigenvalue weighted by Crippen LogP contribution is -2.53. The van der Waals surface area contributed by atoms with Crippen LogP contribution in [0.5, 0.6) is 0 Å². The lowest BCUT2D eigenvalue weighted by molar-refractivity contribution is 0.158. The van der Waals surface area contributed by atoms with E-state index in [-0.39, 0.29) is 5.25 Å². The largest absolute Gasteiger partial charge is 0.316 e. The van der Waals surface area contributed by atoms with E-state index in [1.807, 2.05) is 0 Å². The van der Waals surface area contributed by atoms with Crippen molar-refractivity contribution in [1.82, 2.24) is 9.62 Å². The first-order valence-corrected chi connectivity index (χ1v) is 7.20. The van der Waals surface area contributed by atoms with Crippen LogP contribution in [0.1, 0.15) is 20.3 Å². The smallest absolute Gasteiger partial charge is 0.216 e. The molecule has 0 amide bonds. The van der Waals surface area contributed by atoms with Gasteiger partial charge in [0, 0.05) is 13.1 Å². The lowest BCUT2D eigenvalue weighted by atomic mass is 9.87. The zero-order chi connectivity index (χ0) is 11.1. The summed E-state index contributed by atoms with van der Waals surface area (Å²) in [6.45, 7) is 6.89. The van der Waals surface area contributed by atoms with Gasteiger partial charge >= 0.3 is 0 Å². The molecule has 0 aliphatic carbocycles. The molecule has 0 aromatic rings. The van der Waals surface area contributed by atoms with Crippen molar-refractivity contribution in [2.75, 3.05) is 26.2 Å². The van der Waals surface area contributed by atoms with Gasteiger partial charge in [-0.05, 0) is 45.2 Å². The Bertz CT molecular complexity index is 314. The van der Waals surface area contributed by atoms with E-state index in [4.69, 9.17) is 0 Å². The minimum atomic E-state index is -3.04. The average Bonchev–Trinajstić information content (AvgIpc) is 2.16. The fraction of sp³-hybridized carbons (Fsp3) is 1.00. The van der Waals surface area contributed by atoms with Crippen molar-refractivity contribution in [2.24, 2.45) is 11.8 Å². The van der Waals surface area contributed by atoms with Gasteiger partial charge in [-0.1, -0.05) is 0 Å². The fourth-order valence-corrected chi connectivity index (χ4v) is 4.00. The summed E-state index contributed by atoms with van der Waals surface area (Å²) >= 11 is 0. The molecule has 0 radical (unpaired) electrons. The molecular weight excluding hydrogens is 212 g/mol. The highest BCUT2D eigenvalue weighted by atomic mass is 32.2. The molecule has 0 unspecified atom stereocenters. The van der Waals surface area contributed by atoms with Gasteiger partial charge in [-0.25, -0.2) is 12.7 Å². The van der Waals surface area contributed by atoms with Crippen LogP contribution in [0.2, 0.25) is 0 Å². The second-order valence-electron chi connectivity index (χ2n) is 5.04. The Labute approximate surface area is 92.1 Å². The second-order valence-corrected chi connectivity index (χ2v) is 7.53. The van der Waals surface area contributed by atoms with Gasteiger partial charge in [0.15, 0.2) is 0 Å². The van der Waals surface area contributed by atoms with Crippen molar-refractivity contribution < 1.29 is 8.42 Å². The van der Waals surface area contributed by atoms with Crippen molar-refractivity contribution in [1.29, 1.82) is 0 Å². The average molecular weight is 232 g/mol. The number of hydrogen-bond acceptors (Lipinski definition) is 3. The quantitative estimate of drug-likeness (QED) is 0.743. The number of sulfonamides is 1. The predicted molar refractivity (Wildman–Crippen MR) is 60.1 cm³/mol. The Morgan fingerprint density at radius 2 is 1.73 bits per heavy atom. The van der Waals surface area contributed by atoms with Gasteiger partial charge in [0.05, 0.1) is 5.25 Å². The molecule has 0 aromatic carbocycles. The highest BCUT2D eigenvalue weighted by Gasteiger charge is 2.36. The van der Waals surface area contributed by atoms with Gasteiger partial charge in [-0.15, -0.1) is 0 Å². The molecule has 2 aliphatic heterocycles. The van der Waals surface area contributed by atoms with E-state index in [0.717, 1.165) is 13.1 Å². The molecule has 2 aliphatic rings. The molecule has 4 nitrogen and oxygen atoms in total. The van der Waals surface area contributed by atoms with E-state index in [2.05, 4.69) is 5.32 Å². The summed E-state index contributed by atoms with van der Waals surface area (Å²) in [6.07, 6.45) is 1.19. The molecule has 2 rings (SSSR count). The Morgan fingerprint density at radius 3 is 2.20 bits per heavy atom. The monoisotopic (exact) mass is 232 g/mol. The van der Waals surface area contributed by atoms with Crippen LogP contribution in [-0.2, 0) is 10.0 Å². The Balaban J connectivity index is 2.12. The third-order valence-corrected chi connectivity index (χ3v) is 5.62. The van der Waals surface area contributed by atoms with E-state index in [0.29, 0.717) is 24.9 Å². The summed E-state index contributed by atoms with van der Waals surface area (Å²) in [7, 11) is -3.04. The Morgan fingerprint density at radius 1 is 1.20 bits per heavy atom. The second kappa shape index (κ2) is 4.03. The van der Waals surface area contributed by atoms with Crippen LogP contribution in [-0.4, -0.2) is 44.2 Å². The van der Waals surface area contributed by atoms with Crippen LogP contribution < -0.4 is 5.32 Å². The highest BCUT2D eigenvalue weighted by molar-refractivity contribution is 7.89. The summed E-state index contributed by atoms with van der Waals surface area (Å²) in [5.41, 5.74) is 0. The van der Waals surface area contributed by atoms with Crippen molar-refractivity contribution >= 4 is 10.0 Å². The molecule has 2 atom stereocenters. The number of rotatable bonds is 2. The summed E-state index contributed by atoms with van der Waals surface area (Å²) in [4.78, 5) is 0. The SMILES string of the molecule is CC(C)S(=O)(=O)N1C[C@@H]2CNC[C@H](C2)C1. The molecule has 2 fully saturated rings. The van der Waals surface area contributed by atoms with Crippen LogP contribution in [0.3, 0.4) is 0 Å². The van der Waals surface area contributed by atoms with Crippen LogP contribution in [0.25, 0.3) is 0 Å². The van der Waals surface area contributed by atoms with Gasteiger partial charge in [0.2, 0.25) is 10.0 Å². The topological polar surface area (TPSA) is 49.4 Å². The maximum atomic E-state index is 12.0. The molecule has 2 heterocycles. The van der Waals surface area contributed by atoms with Crippen molar-refractivity contribution in [2.45, 2.75) is 25.5 Å². The third kappa shape index (κ3) is 2.19. The first kappa shape index (κ1) is 11.4. The lowest BCUT2D eigenvalue weighted by Gasteiger charge is -2.41. The number of piperidine rings is 2. The Kier molecular flexibility index (Phi) is 3.05. The van der Waals surface area contributed by atoms with Crippen molar-refractivity contribution in [3.05, 3.63) is 0 Å². The maximum absolute atomic E-state index is 12.0. The highest BCUT2D eigenvalue weighted by Crippen LogP contribution is 2.27. The molecule has 5 heteroatoms. The van der Waals surface area contributed by atoms with Gasteiger partial charge in [-0.2, -0.15) is 0 Å². The molecule has 0 saturated carbocycles. The molecule has 2 saturated heterocycles. The van der Waals surface area contributed by atoms with Gasteiger partial charge < -0.3 is 5.32 Å². The summed E-state index contributed by atoms with van der Waals surface area (Å²) in [6, 6.07) is 0. The van der Waals surface area contributed by atoms with E-state index in [1.165, 1.54) is 6.42 Å². The van der Waals surface area contributed by atoms with Crippen molar-refractivity contribution in [3.63, 3.8) is 0 Å². The van der Waals surface area contributed by atoms with Crippen molar-refractivity contribution in [3.8, 4) is 0 Å². The van der Waals surface area contributed by atoms with Crippen LogP contribution >= 0.6 is 0 Å². The predicted octanol–water partition coefficient (Wildman–Crippen LogP) is 0.266. The van der Waals surface area contributed by atoms with E-state index >= 15 is 0 Å². The third-order valence-electron chi connectivity index (χ3n) is 3.41. The van der Waals surface area contributed by atoms with Gasteiger partial charge in [0.25, 0.3) is 0 Å². The molecule has 2 bridgehead atoms. The minimum absolute atomic E-state index is 0.288. The van der Waals surface area contributed by atoms with E-state index in [1.54, 1.807) is 18.2 Å². The minimum Gasteiger partial charge on any atom is -0.316 e. The van der Waals surface area contributed by atoms with E-state index in [9.17, 15) is 8.42 Å². The zero-order valence-corrected chi connectivity index (χ0v) is 10.3. The van der Waals surface area contributed by atoms with Crippen LogP contribution in [0.4, 0.5) is 0 Å². The molecular formula is C10H20N2O2S. The van der Waals surface area contributed by atoms with E-state index < -0.39 is 10.0 Å². The number of hydrogen-bond donors (Lipinski definition) is 1. The van der Waals surface area contributed by atoms with Gasteiger partial charge in [0.1, 0.15) is 0 Å². The molecule has 15 heavy (non-hydrogen) atoms. The molecule has 88 valence electrons. The van der Waals surface area contributed by atoms with Crippen LogP contribution in [0, 0.1) is 11.8 Å². The standard InChI is InChI=1S/C10H20N2O2S/c1-8(2)15(13,14)12-6-9-3-10(7-12)5-11-4-9/h8-11H,3-7H2,1-2H3/t9-,10-/m0/s1. The first-order chi connectivity index (χ1) is 7.00. The molecule has 0 aromatic heterocycles. The number of nitrogens with zero attached hydrogens (tertiary/aromatic N) is 1. The fourth-order valence-electron chi connectivity index (χ4n) is 2.56. The van der Waals surface area contributed by atoms with Gasteiger partial charge in [-0.3, -0.25) is 0 Å². The first-order valence-electron chi connectivity index (χ1n) is 5.70.